The Bertz CT molecular complexity index is 3080. The highest BCUT2D eigenvalue weighted by Crippen LogP contribution is 2.43. The molecular formula is C53H53F7N8O7S2. The topological polar surface area (TPSA) is 190 Å². The fourth-order valence-electron chi connectivity index (χ4n) is 8.91. The van der Waals surface area contributed by atoms with Crippen molar-refractivity contribution in [1.29, 1.82) is 5.26 Å². The van der Waals surface area contributed by atoms with Gasteiger partial charge in [-0.25, -0.2) is 9.37 Å². The molecule has 0 unspecified atom stereocenters. The van der Waals surface area contributed by atoms with Crippen molar-refractivity contribution in [2.24, 2.45) is 5.41 Å². The summed E-state index contributed by atoms with van der Waals surface area (Å²) in [5.74, 6) is -4.89. The molecule has 3 atom stereocenters. The van der Waals surface area contributed by atoms with Crippen molar-refractivity contribution in [2.45, 2.75) is 103 Å². The number of carbonyl (C=O) groups is 4. The van der Waals surface area contributed by atoms with Crippen molar-refractivity contribution in [3.05, 3.63) is 112 Å². The SMILES string of the molecule is Cc1ncsc1-c1ccc(CNC(=O)[C@@H]2C[C@@H](O)CN2C(=O)[C@@H](NC(=O)COCCCCOc2ccc(-c3ccc(N4C(=S)N(c5ccc(C#N)c(C(F)(F)F)c5F)C(=O)C4(C)C)cn3)cc2C(F)(F)F)C(C)(C)C)cc1. The van der Waals surface area contributed by atoms with E-state index in [2.05, 4.69) is 20.6 Å². The smallest absolute Gasteiger partial charge is 0.420 e. The highest BCUT2D eigenvalue weighted by atomic mass is 32.1. The summed E-state index contributed by atoms with van der Waals surface area (Å²) in [5.41, 5.74) is -2.52. The number of hydrogen-bond acceptors (Lipinski definition) is 12. The van der Waals surface area contributed by atoms with E-state index in [9.17, 15) is 55.9 Å². The Morgan fingerprint density at radius 2 is 1.65 bits per heavy atom. The number of thiazole rings is 1. The molecule has 0 aliphatic carbocycles. The number of amides is 4. The van der Waals surface area contributed by atoms with Gasteiger partial charge in [-0.1, -0.05) is 45.0 Å². The summed E-state index contributed by atoms with van der Waals surface area (Å²) in [4.78, 5) is 66.9. The zero-order valence-corrected chi connectivity index (χ0v) is 44.1. The molecule has 3 aromatic carbocycles. The monoisotopic (exact) mass is 1110 g/mol. The number of hydrogen-bond donors (Lipinski definition) is 3. The first kappa shape index (κ1) is 57.6. The Morgan fingerprint density at radius 3 is 2.26 bits per heavy atom. The average Bonchev–Trinajstić information content (AvgIpc) is 4.11. The van der Waals surface area contributed by atoms with E-state index in [0.717, 1.165) is 46.0 Å². The molecule has 2 aliphatic rings. The van der Waals surface area contributed by atoms with Crippen molar-refractivity contribution in [3.63, 3.8) is 0 Å². The molecule has 4 amide bonds. The van der Waals surface area contributed by atoms with Crippen LogP contribution in [-0.2, 0) is 42.8 Å². The van der Waals surface area contributed by atoms with Crippen LogP contribution in [0.3, 0.4) is 0 Å². The van der Waals surface area contributed by atoms with E-state index in [4.69, 9.17) is 21.7 Å². The Morgan fingerprint density at radius 1 is 0.961 bits per heavy atom. The number of nitrogens with zero attached hydrogens (tertiary/aromatic N) is 6. The van der Waals surface area contributed by atoms with Crippen LogP contribution in [0, 0.1) is 29.5 Å². The van der Waals surface area contributed by atoms with Crippen molar-refractivity contribution in [1.82, 2.24) is 25.5 Å². The summed E-state index contributed by atoms with van der Waals surface area (Å²) in [6.07, 6.45) is -9.41. The molecule has 24 heteroatoms. The van der Waals surface area contributed by atoms with Gasteiger partial charge in [-0.3, -0.25) is 29.1 Å². The number of aromatic nitrogens is 2. The molecule has 15 nitrogen and oxygen atoms in total. The second-order valence-corrected chi connectivity index (χ2v) is 21.1. The molecular weight excluding hydrogens is 1060 g/mol. The molecule has 2 saturated heterocycles. The van der Waals surface area contributed by atoms with Gasteiger partial charge in [0.25, 0.3) is 5.91 Å². The first-order valence-corrected chi connectivity index (χ1v) is 25.3. The number of nitriles is 1. The number of nitrogens with one attached hydrogen (secondary N) is 2. The van der Waals surface area contributed by atoms with Gasteiger partial charge in [0.15, 0.2) is 10.9 Å². The van der Waals surface area contributed by atoms with Crippen molar-refractivity contribution in [2.75, 3.05) is 36.2 Å². The number of thiocarbonyl (C=S) groups is 1. The number of aryl methyl sites for hydroxylation is 1. The number of rotatable bonds is 17. The van der Waals surface area contributed by atoms with Crippen LogP contribution in [0.5, 0.6) is 5.75 Å². The van der Waals surface area contributed by atoms with E-state index in [1.54, 1.807) is 26.3 Å². The zero-order valence-electron chi connectivity index (χ0n) is 42.4. The number of aliphatic hydroxyl groups excluding tert-OH is 1. The van der Waals surface area contributed by atoms with Gasteiger partial charge in [-0.15, -0.1) is 11.3 Å². The molecule has 7 rings (SSSR count). The van der Waals surface area contributed by atoms with Gasteiger partial charge in [0.2, 0.25) is 17.7 Å². The third-order valence-corrected chi connectivity index (χ3v) is 14.2. The lowest BCUT2D eigenvalue weighted by Gasteiger charge is -2.35. The van der Waals surface area contributed by atoms with E-state index in [-0.39, 0.29) is 62.5 Å². The Balaban J connectivity index is 0.900. The molecule has 2 fully saturated rings. The predicted molar refractivity (Wildman–Crippen MR) is 275 cm³/mol. The summed E-state index contributed by atoms with van der Waals surface area (Å²) in [7, 11) is 0. The zero-order chi connectivity index (χ0) is 56.4. The molecule has 4 heterocycles. The first-order valence-electron chi connectivity index (χ1n) is 24.0. The van der Waals surface area contributed by atoms with Crippen molar-refractivity contribution < 1.29 is 64.5 Å². The Hall–Kier alpha value is -7.07. The lowest BCUT2D eigenvalue weighted by atomic mass is 9.85. The fraction of sp³-hybridized carbons (Fsp3) is 0.396. The van der Waals surface area contributed by atoms with Crippen LogP contribution >= 0.6 is 23.6 Å². The van der Waals surface area contributed by atoms with Crippen LogP contribution in [0.1, 0.15) is 81.8 Å². The molecule has 0 saturated carbocycles. The molecule has 0 radical (unpaired) electrons. The van der Waals surface area contributed by atoms with E-state index >= 15 is 4.39 Å². The molecule has 0 bridgehead atoms. The van der Waals surface area contributed by atoms with E-state index in [0.29, 0.717) is 4.90 Å². The van der Waals surface area contributed by atoms with Gasteiger partial charge in [-0.2, -0.15) is 31.6 Å². The molecule has 2 aromatic heterocycles. The van der Waals surface area contributed by atoms with Crippen LogP contribution in [0.2, 0.25) is 0 Å². The maximum Gasteiger partial charge on any atom is 0.420 e. The summed E-state index contributed by atoms with van der Waals surface area (Å²) in [6, 6.07) is 14.5. The number of benzene rings is 3. The summed E-state index contributed by atoms with van der Waals surface area (Å²) in [6.45, 7) is 9.39. The molecule has 0 spiro atoms. The van der Waals surface area contributed by atoms with Gasteiger partial charge in [0.1, 0.15) is 35.5 Å². The average molecular weight is 1110 g/mol. The standard InChI is InChI=1S/C53H53F7N8O7S2/c1-29-44(77-28-64-29)31-11-9-30(10-12-31)24-63-46(71)39-22-35(69)26-66(39)47(72)45(50(2,3)4)65-41(70)27-74-19-7-8-20-75-40-18-14-32(21-36(40)52(55,56)57)37-16-15-34(25-62-37)68-49(76)67(48(73)51(68,5)6)38-17-13-33(23-61)42(43(38)54)53(58,59)60/h9-18,21,25,28,35,39,45,69H,7-8,19-20,22,24,26-27H2,1-6H3,(H,63,71)(H,65,70)/t35-,39+,45-/m1/s1. The minimum Gasteiger partial charge on any atom is -0.493 e. The third-order valence-electron chi connectivity index (χ3n) is 12.9. The van der Waals surface area contributed by atoms with Crippen LogP contribution in [-0.4, -0.2) is 98.8 Å². The van der Waals surface area contributed by atoms with E-state index in [1.807, 2.05) is 31.2 Å². The van der Waals surface area contributed by atoms with Crippen LogP contribution in [0.4, 0.5) is 42.1 Å². The molecule has 5 aromatic rings. The van der Waals surface area contributed by atoms with Gasteiger partial charge in [0, 0.05) is 31.7 Å². The summed E-state index contributed by atoms with van der Waals surface area (Å²) >= 11 is 7.00. The molecule has 77 heavy (non-hydrogen) atoms. The first-order chi connectivity index (χ1) is 36.1. The number of β-amino-alcohol motifs (C(OH)–C–C–N with tert-alkyl or cyclic N) is 1. The second-order valence-electron chi connectivity index (χ2n) is 19.9. The van der Waals surface area contributed by atoms with E-state index in [1.165, 1.54) is 65.4 Å². The highest BCUT2D eigenvalue weighted by molar-refractivity contribution is 7.81. The second kappa shape index (κ2) is 22.9. The minimum atomic E-state index is -5.28. The van der Waals surface area contributed by atoms with Crippen molar-refractivity contribution >= 4 is 63.7 Å². The number of unbranched alkanes of at least 4 members (excludes halogenated alkanes) is 1. The molecule has 3 N–H and O–H groups in total. The summed E-state index contributed by atoms with van der Waals surface area (Å²) < 4.78 is 111. The number of anilines is 2. The van der Waals surface area contributed by atoms with Gasteiger partial charge in [0.05, 0.1) is 69.3 Å². The van der Waals surface area contributed by atoms with E-state index < -0.39 is 111 Å². The quantitative estimate of drug-likeness (QED) is 0.0456. The Labute approximate surface area is 448 Å². The van der Waals surface area contributed by atoms with Gasteiger partial charge >= 0.3 is 12.4 Å². The van der Waals surface area contributed by atoms with Crippen LogP contribution < -0.4 is 25.2 Å². The minimum absolute atomic E-state index is 0.0103. The number of halogens is 7. The van der Waals surface area contributed by atoms with Gasteiger partial charge < -0.3 is 35.0 Å². The largest absolute Gasteiger partial charge is 0.493 e. The number of ether oxygens (including phenoxy) is 2. The highest BCUT2D eigenvalue weighted by Gasteiger charge is 2.52. The lowest BCUT2D eigenvalue weighted by molar-refractivity contribution is -0.144. The Kier molecular flexibility index (Phi) is 17.1. The van der Waals surface area contributed by atoms with Gasteiger partial charge in [-0.05, 0) is 105 Å². The number of aliphatic hydroxyl groups is 1. The maximum absolute atomic E-state index is 15.5. The number of carbonyl (C=O) groups excluding carboxylic acids is 4. The normalized spacial score (nSPS) is 17.1. The number of alkyl halides is 6. The third kappa shape index (κ3) is 12.7. The maximum atomic E-state index is 15.5. The molecule has 408 valence electrons. The van der Waals surface area contributed by atoms with Crippen molar-refractivity contribution in [3.8, 4) is 33.5 Å². The predicted octanol–water partition coefficient (Wildman–Crippen LogP) is 9.13. The fourth-order valence-corrected chi connectivity index (χ4v) is 10.2. The van der Waals surface area contributed by atoms with Crippen LogP contribution in [0.15, 0.2) is 78.4 Å². The number of likely N-dealkylation sites (tertiary alicyclic amines) is 1. The number of pyridine rings is 1. The lowest BCUT2D eigenvalue weighted by Crippen LogP contribution is -2.58. The van der Waals surface area contributed by atoms with Crippen LogP contribution in [0.25, 0.3) is 21.7 Å². The molecule has 2 aliphatic heterocycles. The summed E-state index contributed by atoms with van der Waals surface area (Å²) in [5, 5.41) is 24.9.